The summed E-state index contributed by atoms with van der Waals surface area (Å²) in [4.78, 5) is 37.5. The monoisotopic (exact) mass is 1120 g/mol. The maximum absolute atomic E-state index is 12.9. The van der Waals surface area contributed by atoms with Crippen molar-refractivity contribution < 1.29 is 42.9 Å². The Balaban J connectivity index is 4.28. The molecule has 0 aliphatic heterocycles. The lowest BCUT2D eigenvalue weighted by atomic mass is 10.1. The third-order valence-corrected chi connectivity index (χ3v) is 12.8. The lowest BCUT2D eigenvalue weighted by Gasteiger charge is -2.25. The normalized spacial score (nSPS) is 13.8. The molecule has 81 heavy (non-hydrogen) atoms. The fourth-order valence-corrected chi connectivity index (χ4v) is 8.00. The van der Waals surface area contributed by atoms with Crippen LogP contribution in [0.25, 0.3) is 0 Å². The average Bonchev–Trinajstić information content (AvgIpc) is 3.44. The van der Waals surface area contributed by atoms with Gasteiger partial charge in [0.1, 0.15) is 13.2 Å². The number of esters is 2. The molecule has 0 bridgehead atoms. The smallest absolute Gasteiger partial charge is 0.361 e. The molecule has 2 atom stereocenters. The summed E-state index contributed by atoms with van der Waals surface area (Å²) >= 11 is 0. The van der Waals surface area contributed by atoms with Crippen LogP contribution in [-0.2, 0) is 33.3 Å². The molecule has 0 aliphatic rings. The SMILES string of the molecule is CC/C=C\C/C=C\C/C=C\C/C=C\C/C=C\C/C=C\C/C=C\C/C=C\CCCCCCCCCCC(=O)OC(COC(=O)CCCCCCCCC/C=C\C/C=C\C/C=C\C/C=C\C/C=C\CC)COC(OCC[N+](C)(C)C)C(=O)O. The third kappa shape index (κ3) is 62.4. The van der Waals surface area contributed by atoms with E-state index in [1.54, 1.807) is 0 Å². The number of likely N-dealkylation sites (N-methyl/N-ethyl adjacent to an activating group) is 1. The molecule has 0 heterocycles. The molecule has 0 radical (unpaired) electrons. The van der Waals surface area contributed by atoms with Crippen LogP contribution in [0.3, 0.4) is 0 Å². The quantitative estimate of drug-likeness (QED) is 0.0211. The highest BCUT2D eigenvalue weighted by molar-refractivity contribution is 5.71. The van der Waals surface area contributed by atoms with Crippen molar-refractivity contribution >= 4 is 17.9 Å². The Kier molecular flexibility index (Phi) is 57.2. The molecule has 9 nitrogen and oxygen atoms in total. The van der Waals surface area contributed by atoms with Crippen LogP contribution >= 0.6 is 0 Å². The highest BCUT2D eigenvalue weighted by atomic mass is 16.7. The Morgan fingerprint density at radius 3 is 0.988 bits per heavy atom. The Bertz CT molecular complexity index is 1880. The molecule has 0 saturated carbocycles. The maximum Gasteiger partial charge on any atom is 0.361 e. The van der Waals surface area contributed by atoms with Gasteiger partial charge in [-0.2, -0.15) is 0 Å². The molecule has 2 unspecified atom stereocenters. The number of rotatable bonds is 56. The van der Waals surface area contributed by atoms with Gasteiger partial charge in [0.15, 0.2) is 6.10 Å². The summed E-state index contributed by atoms with van der Waals surface area (Å²) in [5, 5.41) is 9.73. The number of nitrogens with zero attached hydrogens (tertiary/aromatic N) is 1. The van der Waals surface area contributed by atoms with Crippen molar-refractivity contribution in [1.82, 2.24) is 0 Å². The molecular formula is C72H116NO8+. The topological polar surface area (TPSA) is 108 Å². The molecular weight excluding hydrogens is 1010 g/mol. The van der Waals surface area contributed by atoms with Crippen molar-refractivity contribution in [3.8, 4) is 0 Å². The van der Waals surface area contributed by atoms with E-state index in [2.05, 4.69) is 172 Å². The van der Waals surface area contributed by atoms with Crippen LogP contribution in [0.2, 0.25) is 0 Å². The van der Waals surface area contributed by atoms with E-state index in [1.165, 1.54) is 44.9 Å². The van der Waals surface area contributed by atoms with Crippen molar-refractivity contribution in [3.05, 3.63) is 158 Å². The highest BCUT2D eigenvalue weighted by Crippen LogP contribution is 2.14. The Labute approximate surface area is 495 Å². The first-order chi connectivity index (χ1) is 39.6. The van der Waals surface area contributed by atoms with Gasteiger partial charge in [-0.3, -0.25) is 9.59 Å². The molecule has 0 aromatic heterocycles. The first kappa shape index (κ1) is 75.9. The van der Waals surface area contributed by atoms with Crippen LogP contribution in [-0.4, -0.2) is 87.4 Å². The van der Waals surface area contributed by atoms with E-state index in [0.717, 1.165) is 141 Å². The number of allylic oxidation sites excluding steroid dienone is 26. The predicted octanol–water partition coefficient (Wildman–Crippen LogP) is 19.3. The summed E-state index contributed by atoms with van der Waals surface area (Å²) in [6.45, 7) is 4.60. The van der Waals surface area contributed by atoms with Crippen molar-refractivity contribution in [3.63, 3.8) is 0 Å². The van der Waals surface area contributed by atoms with Gasteiger partial charge in [-0.05, 0) is 122 Å². The first-order valence-corrected chi connectivity index (χ1v) is 31.6. The van der Waals surface area contributed by atoms with Gasteiger partial charge in [0, 0.05) is 12.8 Å². The Hall–Kier alpha value is -5.09. The van der Waals surface area contributed by atoms with E-state index >= 15 is 0 Å². The number of hydrogen-bond acceptors (Lipinski definition) is 7. The molecule has 0 rings (SSSR count). The molecule has 0 aromatic carbocycles. The minimum absolute atomic E-state index is 0.175. The number of carboxylic acids is 1. The minimum Gasteiger partial charge on any atom is -0.477 e. The molecule has 9 heteroatoms. The molecule has 1 N–H and O–H groups in total. The van der Waals surface area contributed by atoms with E-state index < -0.39 is 24.3 Å². The van der Waals surface area contributed by atoms with Gasteiger partial charge in [0.2, 0.25) is 0 Å². The Morgan fingerprint density at radius 2 is 0.667 bits per heavy atom. The van der Waals surface area contributed by atoms with Crippen molar-refractivity contribution in [1.29, 1.82) is 0 Å². The second-order valence-electron chi connectivity index (χ2n) is 21.6. The fourth-order valence-electron chi connectivity index (χ4n) is 8.00. The van der Waals surface area contributed by atoms with Gasteiger partial charge >= 0.3 is 17.9 Å². The molecule has 0 aromatic rings. The molecule has 0 saturated heterocycles. The standard InChI is InChI=1S/C72H115NO8/c1-6-8-10-12-14-16-18-20-22-24-26-28-30-31-32-33-34-35-36-37-38-39-41-43-45-47-49-51-53-55-57-59-61-63-70(75)81-68(67-80-72(71(76)77)78-65-64-73(3,4)5)66-79-69(74)62-60-58-56-54-52-50-48-46-44-42-40-29-27-25-23-21-19-17-15-13-11-9-7-2/h8-11,14-17,20-23,26-29,31-32,34-35,37-38,41-44,68,72H,6-7,12-13,18-19,24-25,30,33,36,39-40,45-67H2,1-5H3/p+1/b10-8-,11-9-,16-14-,17-15-,22-20-,23-21-,28-26-,29-27-,32-31-,35-34-,38-37-,43-41-,44-42-. The van der Waals surface area contributed by atoms with Crippen LogP contribution in [0.15, 0.2) is 158 Å². The minimum atomic E-state index is -1.53. The largest absolute Gasteiger partial charge is 0.477 e. The molecule has 0 spiro atoms. The zero-order valence-corrected chi connectivity index (χ0v) is 51.9. The third-order valence-electron chi connectivity index (χ3n) is 12.8. The molecule has 0 aliphatic carbocycles. The lowest BCUT2D eigenvalue weighted by Crippen LogP contribution is -2.40. The van der Waals surface area contributed by atoms with E-state index in [4.69, 9.17) is 18.9 Å². The van der Waals surface area contributed by atoms with Crippen molar-refractivity contribution in [2.24, 2.45) is 0 Å². The number of unbranched alkanes of at least 4 members (excludes halogenated alkanes) is 15. The summed E-state index contributed by atoms with van der Waals surface area (Å²) in [7, 11) is 5.95. The lowest BCUT2D eigenvalue weighted by molar-refractivity contribution is -0.870. The predicted molar refractivity (Wildman–Crippen MR) is 345 cm³/mol. The number of quaternary nitrogens is 1. The van der Waals surface area contributed by atoms with Crippen LogP contribution < -0.4 is 0 Å². The van der Waals surface area contributed by atoms with Gasteiger partial charge < -0.3 is 28.5 Å². The molecule has 0 fully saturated rings. The van der Waals surface area contributed by atoms with Gasteiger partial charge in [0.25, 0.3) is 6.29 Å². The van der Waals surface area contributed by atoms with Gasteiger partial charge in [-0.15, -0.1) is 0 Å². The van der Waals surface area contributed by atoms with E-state index in [0.29, 0.717) is 17.4 Å². The zero-order valence-electron chi connectivity index (χ0n) is 51.9. The number of carbonyl (C=O) groups is 3. The summed E-state index contributed by atoms with van der Waals surface area (Å²) in [5.74, 6) is -2.05. The van der Waals surface area contributed by atoms with Crippen LogP contribution in [0.1, 0.15) is 219 Å². The summed E-state index contributed by atoms with van der Waals surface area (Å²) in [5.41, 5.74) is 0. The van der Waals surface area contributed by atoms with E-state index in [-0.39, 0.29) is 38.6 Å². The van der Waals surface area contributed by atoms with Crippen LogP contribution in [0.5, 0.6) is 0 Å². The number of hydrogen-bond donors (Lipinski definition) is 1. The number of ether oxygens (including phenoxy) is 4. The number of carbonyl (C=O) groups excluding carboxylic acids is 2. The van der Waals surface area contributed by atoms with Gasteiger partial charge in [-0.25, -0.2) is 4.79 Å². The summed E-state index contributed by atoms with van der Waals surface area (Å²) < 4.78 is 22.9. The highest BCUT2D eigenvalue weighted by Gasteiger charge is 2.25. The van der Waals surface area contributed by atoms with Gasteiger partial charge in [0.05, 0.1) is 34.4 Å². The fraction of sp³-hybridized carbons (Fsp3) is 0.597. The zero-order chi connectivity index (χ0) is 59.1. The van der Waals surface area contributed by atoms with Gasteiger partial charge in [-0.1, -0.05) is 242 Å². The van der Waals surface area contributed by atoms with Crippen LogP contribution in [0, 0.1) is 0 Å². The molecule has 0 amide bonds. The molecule has 456 valence electrons. The first-order valence-electron chi connectivity index (χ1n) is 31.6. The second-order valence-corrected chi connectivity index (χ2v) is 21.6. The van der Waals surface area contributed by atoms with E-state index in [9.17, 15) is 19.5 Å². The summed E-state index contributed by atoms with van der Waals surface area (Å²) in [6.07, 6.45) is 87.5. The second kappa shape index (κ2) is 61.0. The Morgan fingerprint density at radius 1 is 0.370 bits per heavy atom. The number of carboxylic acid groups (broad SMARTS) is 1. The van der Waals surface area contributed by atoms with Crippen molar-refractivity contribution in [2.45, 2.75) is 232 Å². The van der Waals surface area contributed by atoms with E-state index in [1.807, 2.05) is 21.1 Å². The van der Waals surface area contributed by atoms with Crippen molar-refractivity contribution in [2.75, 3.05) is 47.5 Å². The average molecular weight is 1120 g/mol. The maximum atomic E-state index is 12.9. The number of aliphatic carboxylic acids is 1. The van der Waals surface area contributed by atoms with Crippen LogP contribution in [0.4, 0.5) is 0 Å². The summed E-state index contributed by atoms with van der Waals surface area (Å²) in [6, 6.07) is 0.